The molecule has 1 saturated heterocycles. The third-order valence-electron chi connectivity index (χ3n) is 3.09. The van der Waals surface area contributed by atoms with Crippen LogP contribution in [-0.4, -0.2) is 35.3 Å². The summed E-state index contributed by atoms with van der Waals surface area (Å²) in [5.41, 5.74) is 0. The number of carbonyl (C=O) groups excluding carboxylic acids is 2. The average molecular weight is 317 g/mol. The van der Waals surface area contributed by atoms with Crippen molar-refractivity contribution in [1.29, 1.82) is 0 Å². The Morgan fingerprint density at radius 3 is 2.28 bits per heavy atom. The summed E-state index contributed by atoms with van der Waals surface area (Å²) in [5, 5.41) is 2.83. The number of hydrogen-bond acceptors (Lipinski definition) is 2. The summed E-state index contributed by atoms with van der Waals surface area (Å²) in [5.74, 6) is 0.0653. The molecule has 0 aromatic carbocycles. The topological polar surface area (TPSA) is 49.4 Å². The Bertz CT molecular complexity index is 366. The molecule has 102 valence electrons. The van der Waals surface area contributed by atoms with Crippen molar-refractivity contribution in [1.82, 2.24) is 10.2 Å². The predicted molar refractivity (Wildman–Crippen MR) is 75.2 cm³/mol. The minimum Gasteiger partial charge on any atom is -0.342 e. The molecule has 0 aliphatic carbocycles. The van der Waals surface area contributed by atoms with Crippen LogP contribution >= 0.6 is 15.9 Å². The van der Waals surface area contributed by atoms with Gasteiger partial charge in [0.1, 0.15) is 12.1 Å². The highest BCUT2D eigenvalue weighted by Gasteiger charge is 2.42. The maximum Gasteiger partial charge on any atom is 0.246 e. The van der Waals surface area contributed by atoms with Crippen LogP contribution in [0.1, 0.15) is 27.7 Å². The lowest BCUT2D eigenvalue weighted by molar-refractivity contribution is -0.151. The largest absolute Gasteiger partial charge is 0.342 e. The first-order valence-electron chi connectivity index (χ1n) is 6.19. The standard InChI is InChI=1S/C13H21BrN2O2/c1-7(2)10-13(18)16(6-9(5)14)11(8(3)4)12(17)15-10/h7-8,10-11H,5-6H2,1-4H3,(H,15,17). The van der Waals surface area contributed by atoms with Crippen molar-refractivity contribution in [2.45, 2.75) is 39.8 Å². The van der Waals surface area contributed by atoms with E-state index in [-0.39, 0.29) is 23.7 Å². The molecular weight excluding hydrogens is 296 g/mol. The second-order valence-electron chi connectivity index (χ2n) is 5.40. The number of nitrogens with zero attached hydrogens (tertiary/aromatic N) is 1. The van der Waals surface area contributed by atoms with Crippen molar-refractivity contribution < 1.29 is 9.59 Å². The van der Waals surface area contributed by atoms with Gasteiger partial charge in [-0.05, 0) is 11.8 Å². The van der Waals surface area contributed by atoms with Gasteiger partial charge < -0.3 is 10.2 Å². The second kappa shape index (κ2) is 5.87. The number of piperazine rings is 1. The number of hydrogen-bond donors (Lipinski definition) is 1. The fourth-order valence-corrected chi connectivity index (χ4v) is 2.50. The predicted octanol–water partition coefficient (Wildman–Crippen LogP) is 1.90. The first kappa shape index (κ1) is 15.2. The van der Waals surface area contributed by atoms with Crippen LogP contribution < -0.4 is 5.32 Å². The van der Waals surface area contributed by atoms with Crippen LogP contribution in [0.4, 0.5) is 0 Å². The Kier molecular flexibility index (Phi) is 4.96. The van der Waals surface area contributed by atoms with Crippen LogP contribution in [0.15, 0.2) is 11.1 Å². The molecule has 0 saturated carbocycles. The zero-order valence-electron chi connectivity index (χ0n) is 11.4. The third-order valence-corrected chi connectivity index (χ3v) is 3.34. The van der Waals surface area contributed by atoms with E-state index in [2.05, 4.69) is 27.8 Å². The van der Waals surface area contributed by atoms with Gasteiger partial charge in [0.25, 0.3) is 0 Å². The van der Waals surface area contributed by atoms with Crippen LogP contribution in [0.2, 0.25) is 0 Å². The van der Waals surface area contributed by atoms with Crippen molar-refractivity contribution in [3.8, 4) is 0 Å². The van der Waals surface area contributed by atoms with Gasteiger partial charge in [0.15, 0.2) is 0 Å². The van der Waals surface area contributed by atoms with Gasteiger partial charge in [-0.1, -0.05) is 50.2 Å². The molecule has 1 aliphatic heterocycles. The van der Waals surface area contributed by atoms with Crippen molar-refractivity contribution in [2.75, 3.05) is 6.54 Å². The second-order valence-corrected chi connectivity index (χ2v) is 6.52. The van der Waals surface area contributed by atoms with E-state index in [1.54, 1.807) is 4.90 Å². The van der Waals surface area contributed by atoms with Gasteiger partial charge in [-0.25, -0.2) is 0 Å². The summed E-state index contributed by atoms with van der Waals surface area (Å²) in [4.78, 5) is 26.2. The molecule has 2 amide bonds. The van der Waals surface area contributed by atoms with Gasteiger partial charge in [-0.3, -0.25) is 9.59 Å². The van der Waals surface area contributed by atoms with Crippen LogP contribution in [0.3, 0.4) is 0 Å². The van der Waals surface area contributed by atoms with E-state index in [1.807, 2.05) is 27.7 Å². The maximum atomic E-state index is 12.4. The van der Waals surface area contributed by atoms with E-state index in [0.29, 0.717) is 11.0 Å². The highest BCUT2D eigenvalue weighted by atomic mass is 79.9. The number of nitrogens with one attached hydrogen (secondary N) is 1. The van der Waals surface area contributed by atoms with E-state index < -0.39 is 12.1 Å². The molecule has 4 nitrogen and oxygen atoms in total. The molecule has 0 bridgehead atoms. The Hall–Kier alpha value is -0.840. The van der Waals surface area contributed by atoms with Crippen molar-refractivity contribution in [3.05, 3.63) is 11.1 Å². The summed E-state index contributed by atoms with van der Waals surface area (Å²) in [6.45, 7) is 11.9. The molecule has 1 N–H and O–H groups in total. The highest BCUT2D eigenvalue weighted by molar-refractivity contribution is 9.11. The number of rotatable bonds is 4. The lowest BCUT2D eigenvalue weighted by atomic mass is 9.93. The van der Waals surface area contributed by atoms with Crippen molar-refractivity contribution in [3.63, 3.8) is 0 Å². The van der Waals surface area contributed by atoms with Crippen molar-refractivity contribution >= 4 is 27.7 Å². The fourth-order valence-electron chi connectivity index (χ4n) is 2.23. The first-order valence-corrected chi connectivity index (χ1v) is 6.99. The van der Waals surface area contributed by atoms with E-state index in [1.165, 1.54) is 0 Å². The number of carbonyl (C=O) groups is 2. The van der Waals surface area contributed by atoms with E-state index in [9.17, 15) is 9.59 Å². The van der Waals surface area contributed by atoms with Gasteiger partial charge in [-0.15, -0.1) is 0 Å². The molecule has 1 aliphatic rings. The quantitative estimate of drug-likeness (QED) is 0.861. The lowest BCUT2D eigenvalue weighted by Gasteiger charge is -2.41. The smallest absolute Gasteiger partial charge is 0.246 e. The van der Waals surface area contributed by atoms with Crippen LogP contribution in [0.25, 0.3) is 0 Å². The molecular formula is C13H21BrN2O2. The lowest BCUT2D eigenvalue weighted by Crippen LogP contribution is -2.66. The van der Waals surface area contributed by atoms with Gasteiger partial charge in [0, 0.05) is 4.48 Å². The summed E-state index contributed by atoms with van der Waals surface area (Å²) in [7, 11) is 0. The molecule has 18 heavy (non-hydrogen) atoms. The molecule has 5 heteroatoms. The Morgan fingerprint density at radius 2 is 1.89 bits per heavy atom. The summed E-state index contributed by atoms with van der Waals surface area (Å²) in [6.07, 6.45) is 0. The minimum absolute atomic E-state index is 0.0242. The molecule has 1 rings (SSSR count). The normalized spacial score (nSPS) is 24.7. The Morgan fingerprint density at radius 1 is 1.33 bits per heavy atom. The first-order chi connectivity index (χ1) is 8.25. The molecule has 2 unspecified atom stereocenters. The summed E-state index contributed by atoms with van der Waals surface area (Å²) in [6, 6.07) is -0.846. The van der Waals surface area contributed by atoms with Crippen LogP contribution in [0.5, 0.6) is 0 Å². The summed E-state index contributed by atoms with van der Waals surface area (Å²) < 4.78 is 0.707. The highest BCUT2D eigenvalue weighted by Crippen LogP contribution is 2.22. The zero-order valence-corrected chi connectivity index (χ0v) is 13.0. The van der Waals surface area contributed by atoms with E-state index in [0.717, 1.165) is 0 Å². The molecule has 1 fully saturated rings. The maximum absolute atomic E-state index is 12.4. The van der Waals surface area contributed by atoms with Crippen LogP contribution in [0, 0.1) is 11.8 Å². The van der Waals surface area contributed by atoms with E-state index in [4.69, 9.17) is 0 Å². The van der Waals surface area contributed by atoms with E-state index >= 15 is 0 Å². The van der Waals surface area contributed by atoms with Crippen LogP contribution in [-0.2, 0) is 9.59 Å². The molecule has 1 heterocycles. The monoisotopic (exact) mass is 316 g/mol. The van der Waals surface area contributed by atoms with Gasteiger partial charge in [0.2, 0.25) is 11.8 Å². The number of amides is 2. The van der Waals surface area contributed by atoms with Gasteiger partial charge in [0.05, 0.1) is 6.54 Å². The molecule has 0 radical (unpaired) electrons. The third kappa shape index (κ3) is 3.13. The number of halogens is 1. The zero-order chi connectivity index (χ0) is 14.0. The average Bonchev–Trinajstić information content (AvgIpc) is 2.21. The SMILES string of the molecule is C=C(Br)CN1C(=O)C(C(C)C)NC(=O)C1C(C)C. The Labute approximate surface area is 117 Å². The van der Waals surface area contributed by atoms with Crippen molar-refractivity contribution in [2.24, 2.45) is 11.8 Å². The fraction of sp³-hybridized carbons (Fsp3) is 0.692. The van der Waals surface area contributed by atoms with Gasteiger partial charge >= 0.3 is 0 Å². The van der Waals surface area contributed by atoms with Gasteiger partial charge in [-0.2, -0.15) is 0 Å². The molecule has 0 aromatic rings. The molecule has 2 atom stereocenters. The minimum atomic E-state index is -0.431. The summed E-state index contributed by atoms with van der Waals surface area (Å²) >= 11 is 3.27. The Balaban J connectivity index is 3.04. The molecule has 0 spiro atoms. The molecule has 0 aromatic heterocycles.